The number of hydrogen-bond acceptors (Lipinski definition) is 2. The fraction of sp³-hybridized carbons (Fsp3) is 0.571. The lowest BCUT2D eigenvalue weighted by Crippen LogP contribution is -2.12. The lowest BCUT2D eigenvalue weighted by atomic mass is 10.1. The molecule has 0 unspecified atom stereocenters. The van der Waals surface area contributed by atoms with Gasteiger partial charge in [0.1, 0.15) is 0 Å². The van der Waals surface area contributed by atoms with Crippen LogP contribution in [0.4, 0.5) is 0 Å². The predicted molar refractivity (Wildman–Crippen MR) is 68.6 cm³/mol. The molecule has 1 N–H and O–H groups in total. The van der Waals surface area contributed by atoms with Crippen LogP contribution in [0.5, 0.6) is 0 Å². The minimum Gasteiger partial charge on any atom is -0.376 e. The Labute approximate surface area is 99.0 Å². The second-order valence-electron chi connectivity index (χ2n) is 4.53. The molecule has 0 aliphatic rings. The molecular weight excluding hydrogens is 198 g/mol. The highest BCUT2D eigenvalue weighted by atomic mass is 16.5. The Morgan fingerprint density at radius 1 is 1.19 bits per heavy atom. The highest BCUT2D eigenvalue weighted by molar-refractivity contribution is 5.26. The molecule has 0 amide bonds. The van der Waals surface area contributed by atoms with E-state index in [1.165, 1.54) is 11.1 Å². The molecule has 0 saturated carbocycles. The molecule has 1 aromatic carbocycles. The van der Waals surface area contributed by atoms with E-state index < -0.39 is 0 Å². The standard InChI is InChI=1S/C14H23NO/c1-12(2)10-16-11-14-7-5-4-6-13(14)8-9-15-3/h4-7,12,15H,8-11H2,1-3H3. The molecule has 0 aliphatic heterocycles. The zero-order valence-corrected chi connectivity index (χ0v) is 10.6. The number of hydrogen-bond donors (Lipinski definition) is 1. The van der Waals surface area contributed by atoms with Crippen molar-refractivity contribution in [3.05, 3.63) is 35.4 Å². The molecule has 0 aromatic heterocycles. The summed E-state index contributed by atoms with van der Waals surface area (Å²) in [6, 6.07) is 8.52. The van der Waals surface area contributed by atoms with E-state index in [0.717, 1.165) is 26.2 Å². The minimum atomic E-state index is 0.601. The highest BCUT2D eigenvalue weighted by Gasteiger charge is 2.02. The molecular formula is C14H23NO. The van der Waals surface area contributed by atoms with Crippen molar-refractivity contribution >= 4 is 0 Å². The van der Waals surface area contributed by atoms with E-state index >= 15 is 0 Å². The van der Waals surface area contributed by atoms with E-state index in [-0.39, 0.29) is 0 Å². The van der Waals surface area contributed by atoms with Gasteiger partial charge in [0.05, 0.1) is 6.61 Å². The summed E-state index contributed by atoms with van der Waals surface area (Å²) in [7, 11) is 1.98. The SMILES string of the molecule is CNCCc1ccccc1COCC(C)C. The first-order valence-corrected chi connectivity index (χ1v) is 6.03. The van der Waals surface area contributed by atoms with Gasteiger partial charge in [-0.1, -0.05) is 38.1 Å². The van der Waals surface area contributed by atoms with Crippen molar-refractivity contribution in [2.24, 2.45) is 5.92 Å². The Hall–Kier alpha value is -0.860. The summed E-state index contributed by atoms with van der Waals surface area (Å²) in [6.45, 7) is 6.93. The Balaban J connectivity index is 2.49. The van der Waals surface area contributed by atoms with Crippen molar-refractivity contribution in [1.82, 2.24) is 5.32 Å². The minimum absolute atomic E-state index is 0.601. The van der Waals surface area contributed by atoms with E-state index in [2.05, 4.69) is 43.4 Å². The van der Waals surface area contributed by atoms with Gasteiger partial charge in [0.15, 0.2) is 0 Å². The molecule has 0 atom stereocenters. The highest BCUT2D eigenvalue weighted by Crippen LogP contribution is 2.11. The van der Waals surface area contributed by atoms with E-state index in [9.17, 15) is 0 Å². The molecule has 0 saturated heterocycles. The first-order chi connectivity index (χ1) is 7.74. The number of rotatable bonds is 7. The summed E-state index contributed by atoms with van der Waals surface area (Å²) in [5.41, 5.74) is 2.71. The van der Waals surface area contributed by atoms with Crippen LogP contribution in [0, 0.1) is 5.92 Å². The van der Waals surface area contributed by atoms with Crippen molar-refractivity contribution in [3.63, 3.8) is 0 Å². The van der Waals surface area contributed by atoms with Crippen LogP contribution in [-0.4, -0.2) is 20.2 Å². The normalized spacial score (nSPS) is 11.0. The summed E-state index contributed by atoms with van der Waals surface area (Å²) in [5, 5.41) is 3.18. The number of benzene rings is 1. The van der Waals surface area contributed by atoms with Gasteiger partial charge in [0.25, 0.3) is 0 Å². The average molecular weight is 221 g/mol. The fourth-order valence-corrected chi connectivity index (χ4v) is 1.61. The first-order valence-electron chi connectivity index (χ1n) is 6.03. The second kappa shape index (κ2) is 7.42. The van der Waals surface area contributed by atoms with Crippen molar-refractivity contribution in [2.75, 3.05) is 20.2 Å². The maximum Gasteiger partial charge on any atom is 0.0719 e. The lowest BCUT2D eigenvalue weighted by molar-refractivity contribution is 0.0966. The van der Waals surface area contributed by atoms with Gasteiger partial charge in [-0.3, -0.25) is 0 Å². The summed E-state index contributed by atoms with van der Waals surface area (Å²) >= 11 is 0. The second-order valence-corrected chi connectivity index (χ2v) is 4.53. The van der Waals surface area contributed by atoms with Gasteiger partial charge in [-0.05, 0) is 37.1 Å². The van der Waals surface area contributed by atoms with Crippen molar-refractivity contribution in [1.29, 1.82) is 0 Å². The molecule has 2 heteroatoms. The van der Waals surface area contributed by atoms with E-state index in [1.54, 1.807) is 0 Å². The Bertz CT molecular complexity index is 297. The van der Waals surface area contributed by atoms with Crippen LogP contribution in [0.1, 0.15) is 25.0 Å². The smallest absolute Gasteiger partial charge is 0.0719 e. The molecule has 0 aliphatic carbocycles. The van der Waals surface area contributed by atoms with Gasteiger partial charge in [-0.25, -0.2) is 0 Å². The quantitative estimate of drug-likeness (QED) is 0.764. The van der Waals surface area contributed by atoms with E-state index in [1.807, 2.05) is 7.05 Å². The van der Waals surface area contributed by atoms with Gasteiger partial charge in [-0.2, -0.15) is 0 Å². The Kier molecular flexibility index (Phi) is 6.12. The summed E-state index contributed by atoms with van der Waals surface area (Å²) in [5.74, 6) is 0.601. The molecule has 0 heterocycles. The van der Waals surface area contributed by atoms with Crippen LogP contribution >= 0.6 is 0 Å². The first kappa shape index (κ1) is 13.2. The average Bonchev–Trinajstić information content (AvgIpc) is 2.27. The molecule has 0 spiro atoms. The van der Waals surface area contributed by atoms with Gasteiger partial charge >= 0.3 is 0 Å². The number of nitrogens with one attached hydrogen (secondary N) is 1. The van der Waals surface area contributed by atoms with Gasteiger partial charge in [0.2, 0.25) is 0 Å². The maximum atomic E-state index is 5.68. The molecule has 16 heavy (non-hydrogen) atoms. The summed E-state index contributed by atoms with van der Waals surface area (Å²) in [4.78, 5) is 0. The molecule has 90 valence electrons. The van der Waals surface area contributed by atoms with Crippen molar-refractivity contribution < 1.29 is 4.74 Å². The maximum absolute atomic E-state index is 5.68. The molecule has 0 bridgehead atoms. The number of likely N-dealkylation sites (N-methyl/N-ethyl adjacent to an activating group) is 1. The summed E-state index contributed by atoms with van der Waals surface area (Å²) < 4.78 is 5.68. The zero-order valence-electron chi connectivity index (χ0n) is 10.6. The van der Waals surface area contributed by atoms with E-state index in [4.69, 9.17) is 4.74 Å². The van der Waals surface area contributed by atoms with Crippen LogP contribution in [0.3, 0.4) is 0 Å². The van der Waals surface area contributed by atoms with Crippen LogP contribution in [0.25, 0.3) is 0 Å². The Morgan fingerprint density at radius 2 is 1.88 bits per heavy atom. The van der Waals surface area contributed by atoms with Gasteiger partial charge in [-0.15, -0.1) is 0 Å². The van der Waals surface area contributed by atoms with Gasteiger partial charge in [0, 0.05) is 6.61 Å². The monoisotopic (exact) mass is 221 g/mol. The number of ether oxygens (including phenoxy) is 1. The van der Waals surface area contributed by atoms with Crippen LogP contribution in [0.2, 0.25) is 0 Å². The summed E-state index contributed by atoms with van der Waals surface area (Å²) in [6.07, 6.45) is 1.07. The van der Waals surface area contributed by atoms with Crippen molar-refractivity contribution in [2.45, 2.75) is 26.9 Å². The third kappa shape index (κ3) is 4.77. The molecule has 0 fully saturated rings. The van der Waals surface area contributed by atoms with Gasteiger partial charge < -0.3 is 10.1 Å². The van der Waals surface area contributed by atoms with E-state index in [0.29, 0.717) is 5.92 Å². The lowest BCUT2D eigenvalue weighted by Gasteiger charge is -2.11. The van der Waals surface area contributed by atoms with Crippen LogP contribution < -0.4 is 5.32 Å². The third-order valence-corrected chi connectivity index (χ3v) is 2.47. The van der Waals surface area contributed by atoms with Crippen LogP contribution in [0.15, 0.2) is 24.3 Å². The molecule has 1 rings (SSSR count). The van der Waals surface area contributed by atoms with Crippen LogP contribution in [-0.2, 0) is 17.8 Å². The topological polar surface area (TPSA) is 21.3 Å². The molecule has 0 radical (unpaired) electrons. The molecule has 2 nitrogen and oxygen atoms in total. The predicted octanol–water partition coefficient (Wildman–Crippen LogP) is 2.62. The largest absolute Gasteiger partial charge is 0.376 e. The third-order valence-electron chi connectivity index (χ3n) is 2.47. The Morgan fingerprint density at radius 3 is 2.50 bits per heavy atom. The van der Waals surface area contributed by atoms with Crippen molar-refractivity contribution in [3.8, 4) is 0 Å². The fourth-order valence-electron chi connectivity index (χ4n) is 1.61. The molecule has 1 aromatic rings. The zero-order chi connectivity index (χ0) is 11.8.